The number of pyridine rings is 1. The van der Waals surface area contributed by atoms with Crippen molar-refractivity contribution in [3.05, 3.63) is 95.3 Å². The second-order valence-electron chi connectivity index (χ2n) is 5.99. The normalized spacial score (nSPS) is 12.7. The molecule has 25 heavy (non-hydrogen) atoms. The molecule has 0 spiro atoms. The molecule has 0 saturated heterocycles. The van der Waals surface area contributed by atoms with E-state index in [2.05, 4.69) is 9.71 Å². The van der Waals surface area contributed by atoms with Crippen molar-refractivity contribution in [2.24, 2.45) is 0 Å². The van der Waals surface area contributed by atoms with E-state index in [4.69, 9.17) is 0 Å². The highest BCUT2D eigenvalue weighted by Gasteiger charge is 2.23. The zero-order chi connectivity index (χ0) is 17.9. The standard InChI is InChI=1S/C20H20N2O2S/c1-15-8-9-19(14-16(15)2)25(23,24)22-20(17-6-4-3-5-7-17)18-10-12-21-13-11-18/h3-14,20,22H,1-2H3. The lowest BCUT2D eigenvalue weighted by Crippen LogP contribution is -2.29. The van der Waals surface area contributed by atoms with Crippen LogP contribution in [0.15, 0.2) is 78.0 Å². The predicted molar refractivity (Wildman–Crippen MR) is 98.8 cm³/mol. The van der Waals surface area contributed by atoms with E-state index < -0.39 is 16.1 Å². The maximum Gasteiger partial charge on any atom is 0.241 e. The summed E-state index contributed by atoms with van der Waals surface area (Å²) in [6.07, 6.45) is 3.32. The van der Waals surface area contributed by atoms with Crippen LogP contribution in [0.1, 0.15) is 28.3 Å². The second kappa shape index (κ2) is 7.17. The lowest BCUT2D eigenvalue weighted by atomic mass is 10.0. The van der Waals surface area contributed by atoms with Crippen LogP contribution in [-0.2, 0) is 10.0 Å². The van der Waals surface area contributed by atoms with Crippen molar-refractivity contribution < 1.29 is 8.42 Å². The van der Waals surface area contributed by atoms with Crippen molar-refractivity contribution in [3.8, 4) is 0 Å². The smallest absolute Gasteiger partial charge is 0.241 e. The third-order valence-corrected chi connectivity index (χ3v) is 5.65. The van der Waals surface area contributed by atoms with Gasteiger partial charge in [0.2, 0.25) is 10.0 Å². The number of aryl methyl sites for hydroxylation is 2. The van der Waals surface area contributed by atoms with E-state index in [9.17, 15) is 8.42 Å². The molecule has 1 heterocycles. The summed E-state index contributed by atoms with van der Waals surface area (Å²) in [5.41, 5.74) is 3.73. The van der Waals surface area contributed by atoms with Crippen molar-refractivity contribution in [1.29, 1.82) is 0 Å². The molecule has 0 bridgehead atoms. The monoisotopic (exact) mass is 352 g/mol. The van der Waals surface area contributed by atoms with Gasteiger partial charge in [-0.3, -0.25) is 4.98 Å². The average molecular weight is 352 g/mol. The summed E-state index contributed by atoms with van der Waals surface area (Å²) >= 11 is 0. The Bertz CT molecular complexity index is 916. The number of hydrogen-bond acceptors (Lipinski definition) is 3. The Morgan fingerprint density at radius 3 is 2.12 bits per heavy atom. The number of hydrogen-bond donors (Lipinski definition) is 1. The topological polar surface area (TPSA) is 59.1 Å². The quantitative estimate of drug-likeness (QED) is 0.760. The second-order valence-corrected chi connectivity index (χ2v) is 7.71. The summed E-state index contributed by atoms with van der Waals surface area (Å²) in [7, 11) is -3.67. The molecule has 3 aromatic rings. The highest BCUT2D eigenvalue weighted by Crippen LogP contribution is 2.24. The van der Waals surface area contributed by atoms with Crippen LogP contribution >= 0.6 is 0 Å². The minimum atomic E-state index is -3.67. The molecule has 1 atom stereocenters. The van der Waals surface area contributed by atoms with Gasteiger partial charge in [-0.1, -0.05) is 36.4 Å². The first-order chi connectivity index (χ1) is 12.0. The van der Waals surface area contributed by atoms with E-state index in [0.29, 0.717) is 0 Å². The fourth-order valence-corrected chi connectivity index (χ4v) is 3.93. The fraction of sp³-hybridized carbons (Fsp3) is 0.150. The van der Waals surface area contributed by atoms with Crippen LogP contribution < -0.4 is 4.72 Å². The highest BCUT2D eigenvalue weighted by molar-refractivity contribution is 7.89. The number of rotatable bonds is 5. The molecule has 1 N–H and O–H groups in total. The van der Waals surface area contributed by atoms with E-state index in [0.717, 1.165) is 22.3 Å². The fourth-order valence-electron chi connectivity index (χ4n) is 2.63. The van der Waals surface area contributed by atoms with Crippen LogP contribution in [0.25, 0.3) is 0 Å². The third-order valence-electron chi connectivity index (χ3n) is 4.23. The Morgan fingerprint density at radius 2 is 1.48 bits per heavy atom. The lowest BCUT2D eigenvalue weighted by molar-refractivity contribution is 0.572. The first-order valence-corrected chi connectivity index (χ1v) is 9.50. The Kier molecular flexibility index (Phi) is 4.97. The van der Waals surface area contributed by atoms with Crippen LogP contribution in [0.2, 0.25) is 0 Å². The summed E-state index contributed by atoms with van der Waals surface area (Å²) in [6.45, 7) is 3.87. The lowest BCUT2D eigenvalue weighted by Gasteiger charge is -2.20. The molecule has 2 aromatic carbocycles. The van der Waals surface area contributed by atoms with Gasteiger partial charge in [-0.15, -0.1) is 0 Å². The minimum Gasteiger partial charge on any atom is -0.265 e. The van der Waals surface area contributed by atoms with Crippen LogP contribution in [0, 0.1) is 13.8 Å². The van der Waals surface area contributed by atoms with Gasteiger partial charge in [0.25, 0.3) is 0 Å². The summed E-state index contributed by atoms with van der Waals surface area (Å²) in [4.78, 5) is 4.29. The molecule has 5 heteroatoms. The molecule has 128 valence electrons. The van der Waals surface area contributed by atoms with E-state index in [1.54, 1.807) is 24.5 Å². The number of sulfonamides is 1. The van der Waals surface area contributed by atoms with Gasteiger partial charge in [0, 0.05) is 12.4 Å². The van der Waals surface area contributed by atoms with Gasteiger partial charge in [-0.05, 0) is 60.4 Å². The highest BCUT2D eigenvalue weighted by atomic mass is 32.2. The van der Waals surface area contributed by atoms with Crippen molar-refractivity contribution in [1.82, 2.24) is 9.71 Å². The molecule has 0 fully saturated rings. The van der Waals surface area contributed by atoms with Gasteiger partial charge in [-0.25, -0.2) is 8.42 Å². The molecular formula is C20H20N2O2S. The molecule has 0 radical (unpaired) electrons. The number of aromatic nitrogens is 1. The summed E-state index contributed by atoms with van der Waals surface area (Å²) in [5.74, 6) is 0. The third kappa shape index (κ3) is 3.95. The van der Waals surface area contributed by atoms with E-state index >= 15 is 0 Å². The maximum absolute atomic E-state index is 12.9. The summed E-state index contributed by atoms with van der Waals surface area (Å²) in [6, 6.07) is 17.9. The van der Waals surface area contributed by atoms with E-state index in [1.165, 1.54) is 0 Å². The number of benzene rings is 2. The van der Waals surface area contributed by atoms with Gasteiger partial charge in [0.15, 0.2) is 0 Å². The van der Waals surface area contributed by atoms with Crippen LogP contribution in [0.5, 0.6) is 0 Å². The number of nitrogens with zero attached hydrogens (tertiary/aromatic N) is 1. The van der Waals surface area contributed by atoms with Gasteiger partial charge in [-0.2, -0.15) is 4.72 Å². The van der Waals surface area contributed by atoms with Gasteiger partial charge >= 0.3 is 0 Å². The zero-order valence-electron chi connectivity index (χ0n) is 14.2. The Morgan fingerprint density at radius 1 is 0.840 bits per heavy atom. The molecule has 1 unspecified atom stereocenters. The zero-order valence-corrected chi connectivity index (χ0v) is 15.0. The number of nitrogens with one attached hydrogen (secondary N) is 1. The van der Waals surface area contributed by atoms with Crippen molar-refractivity contribution in [2.45, 2.75) is 24.8 Å². The van der Waals surface area contributed by atoms with E-state index in [-0.39, 0.29) is 4.90 Å². The predicted octanol–water partition coefficient (Wildman–Crippen LogP) is 3.77. The Hall–Kier alpha value is -2.50. The van der Waals surface area contributed by atoms with Gasteiger partial charge in [0.05, 0.1) is 10.9 Å². The first-order valence-electron chi connectivity index (χ1n) is 8.02. The molecule has 4 nitrogen and oxygen atoms in total. The SMILES string of the molecule is Cc1ccc(S(=O)(=O)NC(c2ccccc2)c2ccncc2)cc1C. The van der Waals surface area contributed by atoms with Crippen molar-refractivity contribution >= 4 is 10.0 Å². The maximum atomic E-state index is 12.9. The summed E-state index contributed by atoms with van der Waals surface area (Å²) in [5, 5.41) is 0. The van der Waals surface area contributed by atoms with Gasteiger partial charge < -0.3 is 0 Å². The van der Waals surface area contributed by atoms with Crippen molar-refractivity contribution in [3.63, 3.8) is 0 Å². The molecule has 0 saturated carbocycles. The molecular weight excluding hydrogens is 332 g/mol. The average Bonchev–Trinajstić information content (AvgIpc) is 2.63. The van der Waals surface area contributed by atoms with E-state index in [1.807, 2.05) is 62.4 Å². The minimum absolute atomic E-state index is 0.269. The summed E-state index contributed by atoms with van der Waals surface area (Å²) < 4.78 is 28.7. The molecule has 0 aliphatic heterocycles. The molecule has 1 aromatic heterocycles. The molecule has 0 aliphatic rings. The molecule has 0 aliphatic carbocycles. The molecule has 0 amide bonds. The molecule has 3 rings (SSSR count). The van der Waals surface area contributed by atoms with Gasteiger partial charge in [0.1, 0.15) is 0 Å². The Balaban J connectivity index is 2.01. The first kappa shape index (κ1) is 17.3. The van der Waals surface area contributed by atoms with Crippen LogP contribution in [0.3, 0.4) is 0 Å². The van der Waals surface area contributed by atoms with Crippen molar-refractivity contribution in [2.75, 3.05) is 0 Å². The van der Waals surface area contributed by atoms with Crippen LogP contribution in [-0.4, -0.2) is 13.4 Å². The van der Waals surface area contributed by atoms with Crippen LogP contribution in [0.4, 0.5) is 0 Å². The largest absolute Gasteiger partial charge is 0.265 e. The Labute approximate surface area is 148 Å².